The van der Waals surface area contributed by atoms with Crippen molar-refractivity contribution in [2.75, 3.05) is 26.2 Å². The number of thiazole rings is 1. The van der Waals surface area contributed by atoms with Crippen molar-refractivity contribution in [1.82, 2.24) is 14.8 Å². The average molecular weight is 368 g/mol. The van der Waals surface area contributed by atoms with Gasteiger partial charge in [0.05, 0.1) is 12.2 Å². The minimum atomic E-state index is -0.464. The Balaban J connectivity index is 1.56. The van der Waals surface area contributed by atoms with Crippen LogP contribution < -0.4 is 0 Å². The minimum Gasteiger partial charge on any atom is -0.339 e. The summed E-state index contributed by atoms with van der Waals surface area (Å²) in [4.78, 5) is 20.6. The van der Waals surface area contributed by atoms with E-state index in [0.717, 1.165) is 35.9 Å². The van der Waals surface area contributed by atoms with E-state index in [1.165, 1.54) is 12.1 Å². The van der Waals surface area contributed by atoms with Gasteiger partial charge in [-0.05, 0) is 31.2 Å². The number of halogens is 2. The van der Waals surface area contributed by atoms with Gasteiger partial charge in [0.1, 0.15) is 16.2 Å². The number of amides is 1. The maximum atomic E-state index is 13.0. The zero-order valence-corrected chi connectivity index (χ0v) is 15.0. The summed E-state index contributed by atoms with van der Waals surface area (Å²) in [5, 5.41) is 2.56. The van der Waals surface area contributed by atoms with Gasteiger partial charge in [-0.15, -0.1) is 22.9 Å². The topological polar surface area (TPSA) is 36.4 Å². The fraction of sp³-hybridized carbons (Fsp3) is 0.412. The van der Waals surface area contributed by atoms with Crippen molar-refractivity contribution in [2.45, 2.75) is 18.8 Å². The number of carbonyl (C=O) groups excluding carboxylic acids is 1. The Hall–Kier alpha value is -1.50. The van der Waals surface area contributed by atoms with Gasteiger partial charge in [0.25, 0.3) is 0 Å². The molecule has 1 aliphatic heterocycles. The third-order valence-electron chi connectivity index (χ3n) is 4.07. The van der Waals surface area contributed by atoms with E-state index in [4.69, 9.17) is 11.6 Å². The summed E-state index contributed by atoms with van der Waals surface area (Å²) in [7, 11) is 0. The van der Waals surface area contributed by atoms with Crippen LogP contribution in [0.25, 0.3) is 11.3 Å². The SMILES string of the molecule is CC(Cl)C(=O)N1CCN(Cc2nc(-c3ccc(F)cc3)cs2)CC1. The van der Waals surface area contributed by atoms with E-state index < -0.39 is 5.38 Å². The molecule has 3 rings (SSSR count). The van der Waals surface area contributed by atoms with E-state index in [2.05, 4.69) is 9.88 Å². The molecule has 1 fully saturated rings. The van der Waals surface area contributed by atoms with Crippen LogP contribution in [0.2, 0.25) is 0 Å². The molecule has 1 saturated heterocycles. The Morgan fingerprint density at radius 2 is 1.96 bits per heavy atom. The molecule has 1 amide bonds. The van der Waals surface area contributed by atoms with Crippen LogP contribution >= 0.6 is 22.9 Å². The summed E-state index contributed by atoms with van der Waals surface area (Å²) in [5.74, 6) is -0.239. The Bertz CT molecular complexity index is 696. The van der Waals surface area contributed by atoms with Gasteiger partial charge in [0.15, 0.2) is 0 Å². The fourth-order valence-electron chi connectivity index (χ4n) is 2.71. The summed E-state index contributed by atoms with van der Waals surface area (Å²) >= 11 is 7.47. The first-order valence-electron chi connectivity index (χ1n) is 7.88. The molecule has 0 aliphatic carbocycles. The first-order valence-corrected chi connectivity index (χ1v) is 9.20. The van der Waals surface area contributed by atoms with Crippen molar-refractivity contribution < 1.29 is 9.18 Å². The molecular formula is C17H19ClFN3OS. The first-order chi connectivity index (χ1) is 11.5. The number of carbonyl (C=O) groups is 1. The Labute approximate surface area is 149 Å². The third-order valence-corrected chi connectivity index (χ3v) is 5.10. The first kappa shape index (κ1) is 17.3. The molecule has 1 atom stereocenters. The largest absolute Gasteiger partial charge is 0.339 e. The van der Waals surface area contributed by atoms with Crippen LogP contribution in [0.15, 0.2) is 29.6 Å². The monoisotopic (exact) mass is 367 g/mol. The summed E-state index contributed by atoms with van der Waals surface area (Å²) in [6.45, 7) is 5.52. The van der Waals surface area contributed by atoms with Gasteiger partial charge in [0.2, 0.25) is 5.91 Å². The van der Waals surface area contributed by atoms with E-state index in [-0.39, 0.29) is 11.7 Å². The molecule has 0 saturated carbocycles. The third kappa shape index (κ3) is 4.12. The van der Waals surface area contributed by atoms with Crippen LogP contribution in [0.5, 0.6) is 0 Å². The van der Waals surface area contributed by atoms with Crippen molar-refractivity contribution in [3.63, 3.8) is 0 Å². The number of piperazine rings is 1. The van der Waals surface area contributed by atoms with Crippen molar-refractivity contribution >= 4 is 28.8 Å². The van der Waals surface area contributed by atoms with Gasteiger partial charge >= 0.3 is 0 Å². The number of nitrogens with zero attached hydrogens (tertiary/aromatic N) is 3. The molecular weight excluding hydrogens is 349 g/mol. The lowest BCUT2D eigenvalue weighted by Crippen LogP contribution is -2.49. The molecule has 2 heterocycles. The number of aromatic nitrogens is 1. The van der Waals surface area contributed by atoms with E-state index in [9.17, 15) is 9.18 Å². The molecule has 2 aromatic rings. The molecule has 0 N–H and O–H groups in total. The van der Waals surface area contributed by atoms with Crippen LogP contribution in [0.4, 0.5) is 4.39 Å². The number of alkyl halides is 1. The quantitative estimate of drug-likeness (QED) is 0.778. The molecule has 0 bridgehead atoms. The van der Waals surface area contributed by atoms with Crippen LogP contribution in [-0.4, -0.2) is 52.2 Å². The van der Waals surface area contributed by atoms with Crippen LogP contribution in [-0.2, 0) is 11.3 Å². The molecule has 1 unspecified atom stereocenters. The highest BCUT2D eigenvalue weighted by molar-refractivity contribution is 7.09. The van der Waals surface area contributed by atoms with Gasteiger partial charge in [-0.3, -0.25) is 9.69 Å². The maximum absolute atomic E-state index is 13.0. The number of rotatable bonds is 4. The van der Waals surface area contributed by atoms with Crippen molar-refractivity contribution in [3.05, 3.63) is 40.5 Å². The molecule has 4 nitrogen and oxygen atoms in total. The van der Waals surface area contributed by atoms with Crippen LogP contribution in [0.1, 0.15) is 11.9 Å². The second kappa shape index (κ2) is 7.59. The molecule has 1 aromatic carbocycles. The lowest BCUT2D eigenvalue weighted by Gasteiger charge is -2.34. The molecule has 128 valence electrons. The highest BCUT2D eigenvalue weighted by atomic mass is 35.5. The Morgan fingerprint density at radius 1 is 1.29 bits per heavy atom. The number of hydrogen-bond donors (Lipinski definition) is 0. The smallest absolute Gasteiger partial charge is 0.240 e. The summed E-state index contributed by atoms with van der Waals surface area (Å²) < 4.78 is 13.0. The van der Waals surface area contributed by atoms with Crippen molar-refractivity contribution in [1.29, 1.82) is 0 Å². The van der Waals surface area contributed by atoms with Crippen molar-refractivity contribution in [3.8, 4) is 11.3 Å². The lowest BCUT2D eigenvalue weighted by atomic mass is 10.2. The second-order valence-corrected chi connectivity index (χ2v) is 7.45. The van der Waals surface area contributed by atoms with E-state index in [1.54, 1.807) is 30.4 Å². The number of benzene rings is 1. The zero-order valence-electron chi connectivity index (χ0n) is 13.4. The molecule has 0 radical (unpaired) electrons. The molecule has 7 heteroatoms. The average Bonchev–Trinajstić information content (AvgIpc) is 3.04. The van der Waals surface area contributed by atoms with Gasteiger partial charge in [-0.2, -0.15) is 0 Å². The second-order valence-electron chi connectivity index (χ2n) is 5.85. The molecule has 0 spiro atoms. The normalized spacial score (nSPS) is 17.0. The highest BCUT2D eigenvalue weighted by Crippen LogP contribution is 2.23. The molecule has 24 heavy (non-hydrogen) atoms. The Kier molecular flexibility index (Phi) is 5.48. The zero-order chi connectivity index (χ0) is 17.1. The predicted molar refractivity (Wildman–Crippen MR) is 94.7 cm³/mol. The van der Waals surface area contributed by atoms with Gasteiger partial charge < -0.3 is 4.90 Å². The predicted octanol–water partition coefficient (Wildman–Crippen LogP) is 3.22. The fourth-order valence-corrected chi connectivity index (χ4v) is 3.69. The summed E-state index contributed by atoms with van der Waals surface area (Å²) in [6.07, 6.45) is 0. The highest BCUT2D eigenvalue weighted by Gasteiger charge is 2.24. The summed E-state index contributed by atoms with van der Waals surface area (Å²) in [6, 6.07) is 6.38. The number of hydrogen-bond acceptors (Lipinski definition) is 4. The molecule has 1 aliphatic rings. The van der Waals surface area contributed by atoms with Crippen molar-refractivity contribution in [2.24, 2.45) is 0 Å². The van der Waals surface area contributed by atoms with Crippen LogP contribution in [0.3, 0.4) is 0 Å². The van der Waals surface area contributed by atoms with Gasteiger partial charge in [-0.25, -0.2) is 9.37 Å². The Morgan fingerprint density at radius 3 is 2.58 bits per heavy atom. The van der Waals surface area contributed by atoms with Gasteiger partial charge in [0, 0.05) is 37.1 Å². The minimum absolute atomic E-state index is 0.00385. The lowest BCUT2D eigenvalue weighted by molar-refractivity contribution is -0.132. The van der Waals surface area contributed by atoms with Crippen LogP contribution in [0, 0.1) is 5.82 Å². The van der Waals surface area contributed by atoms with E-state index in [0.29, 0.717) is 13.1 Å². The summed E-state index contributed by atoms with van der Waals surface area (Å²) in [5.41, 5.74) is 1.80. The van der Waals surface area contributed by atoms with E-state index >= 15 is 0 Å². The van der Waals surface area contributed by atoms with E-state index in [1.807, 2.05) is 10.3 Å². The molecule has 1 aromatic heterocycles. The standard InChI is InChI=1S/C17H19ClFN3OS/c1-12(18)17(23)22-8-6-21(7-9-22)10-16-20-15(11-24-16)13-2-4-14(19)5-3-13/h2-5,11-12H,6-10H2,1H3. The maximum Gasteiger partial charge on any atom is 0.240 e. The van der Waals surface area contributed by atoms with Gasteiger partial charge in [-0.1, -0.05) is 0 Å².